The van der Waals surface area contributed by atoms with Crippen molar-refractivity contribution in [1.82, 2.24) is 20.8 Å². The van der Waals surface area contributed by atoms with Crippen molar-refractivity contribution < 1.29 is 14.3 Å². The molecular weight excluding hydrogens is 426 g/mol. The minimum absolute atomic E-state index is 0.275. The number of ether oxygens (including phenoxy) is 1. The maximum atomic E-state index is 12.2. The van der Waals surface area contributed by atoms with Crippen molar-refractivity contribution in [3.05, 3.63) is 82.7 Å². The maximum Gasteiger partial charge on any atom is 0.276 e. The zero-order valence-corrected chi connectivity index (χ0v) is 18.4. The highest BCUT2D eigenvalue weighted by molar-refractivity contribution is 7.98. The summed E-state index contributed by atoms with van der Waals surface area (Å²) in [5.41, 5.74) is 8.45. The van der Waals surface area contributed by atoms with E-state index in [0.717, 1.165) is 22.1 Å². The van der Waals surface area contributed by atoms with Gasteiger partial charge in [0.15, 0.2) is 11.8 Å². The van der Waals surface area contributed by atoms with E-state index in [-0.39, 0.29) is 6.61 Å². The molecule has 0 radical (unpaired) electrons. The van der Waals surface area contributed by atoms with Gasteiger partial charge >= 0.3 is 0 Å². The number of nitriles is 1. The lowest BCUT2D eigenvalue weighted by Crippen LogP contribution is -2.43. The third kappa shape index (κ3) is 6.82. The number of nitrogens with one attached hydrogen (secondary N) is 2. The zero-order valence-electron chi connectivity index (χ0n) is 17.6. The number of hydrazine groups is 1. The van der Waals surface area contributed by atoms with E-state index in [2.05, 4.69) is 20.8 Å². The summed E-state index contributed by atoms with van der Waals surface area (Å²) in [5, 5.41) is 9.49. The van der Waals surface area contributed by atoms with Crippen molar-refractivity contribution in [2.75, 3.05) is 6.61 Å². The van der Waals surface area contributed by atoms with E-state index in [0.29, 0.717) is 22.6 Å². The van der Waals surface area contributed by atoms with Crippen molar-refractivity contribution in [3.63, 3.8) is 0 Å². The Morgan fingerprint density at radius 1 is 1.00 bits per heavy atom. The van der Waals surface area contributed by atoms with E-state index in [9.17, 15) is 9.59 Å². The first-order valence-corrected chi connectivity index (χ1v) is 10.7. The first-order chi connectivity index (χ1) is 15.4. The Labute approximate surface area is 190 Å². The van der Waals surface area contributed by atoms with Crippen molar-refractivity contribution in [3.8, 4) is 11.8 Å². The molecule has 3 aromatic rings. The fourth-order valence-electron chi connectivity index (χ4n) is 2.67. The quantitative estimate of drug-likeness (QED) is 0.325. The van der Waals surface area contributed by atoms with E-state index in [1.165, 1.54) is 11.8 Å². The molecular formula is C23H21N5O3S. The Balaban J connectivity index is 1.43. The van der Waals surface area contributed by atoms with Gasteiger partial charge in [-0.2, -0.15) is 5.26 Å². The van der Waals surface area contributed by atoms with Crippen LogP contribution in [0.5, 0.6) is 5.75 Å². The highest BCUT2D eigenvalue weighted by Crippen LogP contribution is 2.20. The molecule has 162 valence electrons. The van der Waals surface area contributed by atoms with E-state index in [1.807, 2.05) is 38.1 Å². The van der Waals surface area contributed by atoms with Crippen LogP contribution in [0, 0.1) is 25.2 Å². The SMILES string of the molecule is Cc1cc(C)nc(SCc2ccc(C(=O)NNC(=O)COc3ccc(C#N)cc3)cc2)n1. The van der Waals surface area contributed by atoms with Crippen molar-refractivity contribution >= 4 is 23.6 Å². The summed E-state index contributed by atoms with van der Waals surface area (Å²) in [6, 6.07) is 17.4. The number of hydrogen-bond donors (Lipinski definition) is 2. The summed E-state index contributed by atoms with van der Waals surface area (Å²) in [5.74, 6) is 0.178. The number of rotatable bonds is 7. The molecule has 9 heteroatoms. The average molecular weight is 448 g/mol. The third-order valence-corrected chi connectivity index (χ3v) is 5.13. The molecule has 8 nitrogen and oxygen atoms in total. The van der Waals surface area contributed by atoms with Gasteiger partial charge in [-0.1, -0.05) is 23.9 Å². The highest BCUT2D eigenvalue weighted by atomic mass is 32.2. The second-order valence-corrected chi connectivity index (χ2v) is 7.79. The lowest BCUT2D eigenvalue weighted by Gasteiger charge is -2.09. The van der Waals surface area contributed by atoms with E-state index in [4.69, 9.17) is 10.00 Å². The van der Waals surface area contributed by atoms with E-state index < -0.39 is 11.8 Å². The zero-order chi connectivity index (χ0) is 22.9. The molecule has 2 amide bonds. The molecule has 2 aromatic carbocycles. The molecule has 1 aromatic heterocycles. The minimum Gasteiger partial charge on any atom is -0.484 e. The molecule has 2 N–H and O–H groups in total. The van der Waals surface area contributed by atoms with Crippen molar-refractivity contribution in [1.29, 1.82) is 5.26 Å². The van der Waals surface area contributed by atoms with Gasteiger partial charge in [0.2, 0.25) is 0 Å². The van der Waals surface area contributed by atoms with Crippen LogP contribution in [0.4, 0.5) is 0 Å². The first-order valence-electron chi connectivity index (χ1n) is 9.69. The van der Waals surface area contributed by atoms with Crippen LogP contribution in [-0.4, -0.2) is 28.4 Å². The molecule has 32 heavy (non-hydrogen) atoms. The number of carbonyl (C=O) groups is 2. The standard InChI is InChI=1S/C23H21N5O3S/c1-15-11-16(2)26-23(25-15)32-14-18-3-7-19(8-4-18)22(30)28-27-21(29)13-31-20-9-5-17(12-24)6-10-20/h3-11H,13-14H2,1-2H3,(H,27,29)(H,28,30). The van der Waals surface area contributed by atoms with Gasteiger partial charge in [0.1, 0.15) is 5.75 Å². The van der Waals surface area contributed by atoms with Crippen LogP contribution < -0.4 is 15.6 Å². The molecule has 3 rings (SSSR count). The van der Waals surface area contributed by atoms with Crippen LogP contribution in [0.1, 0.15) is 32.9 Å². The van der Waals surface area contributed by atoms with Crippen LogP contribution in [0.2, 0.25) is 0 Å². The fourth-order valence-corrected chi connectivity index (χ4v) is 3.57. The van der Waals surface area contributed by atoms with Crippen LogP contribution in [0.3, 0.4) is 0 Å². The summed E-state index contributed by atoms with van der Waals surface area (Å²) in [6.45, 7) is 3.59. The Bertz CT molecular complexity index is 1120. The first kappa shape index (κ1) is 22.8. The van der Waals surface area contributed by atoms with Crippen molar-refractivity contribution in [2.24, 2.45) is 0 Å². The van der Waals surface area contributed by atoms with Crippen molar-refractivity contribution in [2.45, 2.75) is 24.8 Å². The molecule has 0 saturated heterocycles. The van der Waals surface area contributed by atoms with Gasteiger partial charge in [0.05, 0.1) is 11.6 Å². The maximum absolute atomic E-state index is 12.2. The summed E-state index contributed by atoms with van der Waals surface area (Å²) >= 11 is 1.53. The number of aromatic nitrogens is 2. The van der Waals surface area contributed by atoms with Gasteiger partial charge in [0, 0.05) is 22.7 Å². The minimum atomic E-state index is -0.510. The van der Waals surface area contributed by atoms with Gasteiger partial charge < -0.3 is 4.74 Å². The van der Waals surface area contributed by atoms with Gasteiger partial charge in [-0.25, -0.2) is 9.97 Å². The highest BCUT2D eigenvalue weighted by Gasteiger charge is 2.09. The normalized spacial score (nSPS) is 10.2. The van der Waals surface area contributed by atoms with Gasteiger partial charge in [0.25, 0.3) is 11.8 Å². The molecule has 0 atom stereocenters. The number of thioether (sulfide) groups is 1. The topological polar surface area (TPSA) is 117 Å². The third-order valence-electron chi connectivity index (χ3n) is 4.21. The molecule has 0 spiro atoms. The average Bonchev–Trinajstić information content (AvgIpc) is 2.80. The fraction of sp³-hybridized carbons (Fsp3) is 0.174. The van der Waals surface area contributed by atoms with E-state index >= 15 is 0 Å². The summed E-state index contributed by atoms with van der Waals surface area (Å²) in [6.07, 6.45) is 0. The van der Waals surface area contributed by atoms with Crippen LogP contribution in [0.25, 0.3) is 0 Å². The molecule has 0 aliphatic carbocycles. The number of benzene rings is 2. The Morgan fingerprint density at radius 2 is 1.66 bits per heavy atom. The van der Waals surface area contributed by atoms with E-state index in [1.54, 1.807) is 36.4 Å². The number of carbonyl (C=O) groups excluding carboxylic acids is 2. The summed E-state index contributed by atoms with van der Waals surface area (Å²) < 4.78 is 5.31. The molecule has 0 bridgehead atoms. The molecule has 1 heterocycles. The predicted octanol–water partition coefficient (Wildman–Crippen LogP) is 3.10. The smallest absolute Gasteiger partial charge is 0.276 e. The number of hydrogen-bond acceptors (Lipinski definition) is 7. The summed E-state index contributed by atoms with van der Waals surface area (Å²) in [4.78, 5) is 32.9. The number of amides is 2. The second kappa shape index (κ2) is 10.9. The number of nitrogens with zero attached hydrogens (tertiary/aromatic N) is 3. The van der Waals surface area contributed by atoms with Gasteiger partial charge in [-0.05, 0) is 61.9 Å². The lowest BCUT2D eigenvalue weighted by atomic mass is 10.1. The lowest BCUT2D eigenvalue weighted by molar-refractivity contribution is -0.123. The molecule has 0 aliphatic rings. The largest absolute Gasteiger partial charge is 0.484 e. The molecule has 0 fully saturated rings. The Kier molecular flexibility index (Phi) is 7.78. The van der Waals surface area contributed by atoms with Crippen LogP contribution >= 0.6 is 11.8 Å². The van der Waals surface area contributed by atoms with Crippen LogP contribution in [-0.2, 0) is 10.5 Å². The molecule has 0 saturated carbocycles. The second-order valence-electron chi connectivity index (χ2n) is 6.85. The Hall–Kier alpha value is -3.90. The van der Waals surface area contributed by atoms with Gasteiger partial charge in [-0.3, -0.25) is 20.4 Å². The number of aryl methyl sites for hydroxylation is 2. The molecule has 0 aliphatic heterocycles. The summed E-state index contributed by atoms with van der Waals surface area (Å²) in [7, 11) is 0. The van der Waals surface area contributed by atoms with Gasteiger partial charge in [-0.15, -0.1) is 0 Å². The van der Waals surface area contributed by atoms with Crippen LogP contribution in [0.15, 0.2) is 59.8 Å². The molecule has 0 unspecified atom stereocenters. The predicted molar refractivity (Wildman–Crippen MR) is 120 cm³/mol. The monoisotopic (exact) mass is 447 g/mol. The Morgan fingerprint density at radius 3 is 2.28 bits per heavy atom.